The van der Waals surface area contributed by atoms with Gasteiger partial charge in [-0.25, -0.2) is 0 Å². The minimum atomic E-state index is -0.0298. The average molecular weight is 271 g/mol. The second-order valence-corrected chi connectivity index (χ2v) is 6.69. The molecule has 1 aliphatic heterocycles. The minimum Gasteiger partial charge on any atom is -0.282 e. The van der Waals surface area contributed by atoms with Crippen LogP contribution in [0, 0.1) is 23.7 Å². The first-order chi connectivity index (χ1) is 9.75. The lowest BCUT2D eigenvalue weighted by Crippen LogP contribution is -2.34. The topological polar surface area (TPSA) is 37.4 Å². The lowest BCUT2D eigenvalue weighted by atomic mass is 9.85. The molecule has 0 aromatic heterocycles. The third-order valence-electron chi connectivity index (χ3n) is 5.60. The van der Waals surface area contributed by atoms with Crippen molar-refractivity contribution >= 4 is 11.8 Å². The number of imide groups is 1. The van der Waals surface area contributed by atoms with Gasteiger partial charge in [-0.3, -0.25) is 14.5 Å². The monoisotopic (exact) mass is 271 g/mol. The second kappa shape index (κ2) is 4.57. The molecule has 3 nitrogen and oxygen atoms in total. The smallest absolute Gasteiger partial charge is 0.233 e. The molecule has 4 atom stereocenters. The van der Waals surface area contributed by atoms with Gasteiger partial charge in [0, 0.05) is 6.54 Å². The van der Waals surface area contributed by atoms with E-state index in [1.807, 2.05) is 0 Å². The van der Waals surface area contributed by atoms with Crippen LogP contribution in [0.15, 0.2) is 23.8 Å². The number of carbonyl (C=O) groups excluding carboxylic acids is 2. The quantitative estimate of drug-likeness (QED) is 0.584. The number of likely N-dealkylation sites (tertiary alicyclic amines) is 1. The third kappa shape index (κ3) is 1.72. The molecule has 2 fully saturated rings. The standard InChI is InChI=1S/C17H21NO2/c19-16-14-12-6-7-13(10-12)15(14)17(20)18(16)9-8-11-4-2-1-3-5-11/h4,6-7,12-15H,1-3,5,8-10H2/t12-,13+,14-,15-/m1/s1. The van der Waals surface area contributed by atoms with E-state index in [1.54, 1.807) is 4.90 Å². The van der Waals surface area contributed by atoms with Crippen molar-refractivity contribution in [2.75, 3.05) is 6.54 Å². The van der Waals surface area contributed by atoms with E-state index in [-0.39, 0.29) is 23.7 Å². The predicted molar refractivity (Wildman–Crippen MR) is 75.6 cm³/mol. The fourth-order valence-electron chi connectivity index (χ4n) is 4.57. The average Bonchev–Trinajstić information content (AvgIpc) is 3.13. The summed E-state index contributed by atoms with van der Waals surface area (Å²) in [5.74, 6) is 0.817. The second-order valence-electron chi connectivity index (χ2n) is 6.69. The van der Waals surface area contributed by atoms with E-state index in [0.717, 1.165) is 25.7 Å². The van der Waals surface area contributed by atoms with Gasteiger partial charge in [-0.1, -0.05) is 23.8 Å². The summed E-state index contributed by atoms with van der Waals surface area (Å²) >= 11 is 0. The number of fused-ring (bicyclic) bond motifs is 5. The van der Waals surface area contributed by atoms with Gasteiger partial charge in [-0.15, -0.1) is 0 Å². The summed E-state index contributed by atoms with van der Waals surface area (Å²) in [5, 5.41) is 0. The van der Waals surface area contributed by atoms with Gasteiger partial charge in [0.15, 0.2) is 0 Å². The SMILES string of the molecule is O=C1[C@H]2[C@H](C(=O)N1CCC1=CCCCC1)[C@H]1C=C[C@@H]2C1. The van der Waals surface area contributed by atoms with E-state index in [2.05, 4.69) is 18.2 Å². The van der Waals surface area contributed by atoms with Crippen LogP contribution < -0.4 is 0 Å². The van der Waals surface area contributed by atoms with Crippen LogP contribution >= 0.6 is 0 Å². The van der Waals surface area contributed by atoms with Crippen molar-refractivity contribution in [3.63, 3.8) is 0 Å². The van der Waals surface area contributed by atoms with E-state index in [9.17, 15) is 9.59 Å². The number of hydrogen-bond acceptors (Lipinski definition) is 2. The molecular formula is C17H21NO2. The summed E-state index contributed by atoms with van der Waals surface area (Å²) in [6.07, 6.45) is 13.4. The lowest BCUT2D eigenvalue weighted by Gasteiger charge is -2.19. The molecule has 0 aromatic carbocycles. The van der Waals surface area contributed by atoms with Gasteiger partial charge in [-0.2, -0.15) is 0 Å². The molecule has 3 aliphatic carbocycles. The first-order valence-corrected chi connectivity index (χ1v) is 7.97. The van der Waals surface area contributed by atoms with Gasteiger partial charge < -0.3 is 0 Å². The third-order valence-corrected chi connectivity index (χ3v) is 5.60. The van der Waals surface area contributed by atoms with Crippen LogP contribution in [-0.4, -0.2) is 23.3 Å². The van der Waals surface area contributed by atoms with Crippen LogP contribution in [0.1, 0.15) is 38.5 Å². The Hall–Kier alpha value is -1.38. The Morgan fingerprint density at radius 3 is 2.35 bits per heavy atom. The summed E-state index contributed by atoms with van der Waals surface area (Å²) in [4.78, 5) is 26.6. The zero-order chi connectivity index (χ0) is 13.7. The first kappa shape index (κ1) is 12.4. The summed E-state index contributed by atoms with van der Waals surface area (Å²) < 4.78 is 0. The van der Waals surface area contributed by atoms with Crippen molar-refractivity contribution in [3.8, 4) is 0 Å². The summed E-state index contributed by atoms with van der Waals surface area (Å²) in [7, 11) is 0. The fraction of sp³-hybridized carbons (Fsp3) is 0.647. The largest absolute Gasteiger partial charge is 0.282 e. The molecule has 4 aliphatic rings. The Bertz CT molecular complexity index is 489. The molecule has 1 heterocycles. The first-order valence-electron chi connectivity index (χ1n) is 7.97. The Morgan fingerprint density at radius 1 is 1.05 bits per heavy atom. The van der Waals surface area contributed by atoms with Crippen molar-refractivity contribution in [3.05, 3.63) is 23.8 Å². The zero-order valence-corrected chi connectivity index (χ0v) is 11.8. The number of carbonyl (C=O) groups is 2. The van der Waals surface area contributed by atoms with Crippen LogP contribution in [0.3, 0.4) is 0 Å². The highest BCUT2D eigenvalue weighted by atomic mass is 16.2. The summed E-state index contributed by atoms with van der Waals surface area (Å²) in [6.45, 7) is 0.607. The molecule has 2 bridgehead atoms. The van der Waals surface area contributed by atoms with Gasteiger partial charge in [0.2, 0.25) is 11.8 Å². The Kier molecular flexibility index (Phi) is 2.83. The Labute approximate surface area is 119 Å². The molecular weight excluding hydrogens is 250 g/mol. The molecule has 0 N–H and O–H groups in total. The van der Waals surface area contributed by atoms with Gasteiger partial charge in [-0.05, 0) is 50.4 Å². The maximum Gasteiger partial charge on any atom is 0.233 e. The number of rotatable bonds is 3. The molecule has 0 aromatic rings. The predicted octanol–water partition coefficient (Wildman–Crippen LogP) is 2.68. The van der Waals surface area contributed by atoms with Crippen LogP contribution in [0.2, 0.25) is 0 Å². The minimum absolute atomic E-state index is 0.0298. The van der Waals surface area contributed by atoms with Gasteiger partial charge >= 0.3 is 0 Å². The normalized spacial score (nSPS) is 38.6. The van der Waals surface area contributed by atoms with Crippen LogP contribution in [0.25, 0.3) is 0 Å². The highest BCUT2D eigenvalue weighted by Crippen LogP contribution is 2.52. The number of amides is 2. The maximum absolute atomic E-state index is 12.5. The molecule has 1 saturated carbocycles. The highest BCUT2D eigenvalue weighted by Gasteiger charge is 2.58. The highest BCUT2D eigenvalue weighted by molar-refractivity contribution is 6.06. The Morgan fingerprint density at radius 2 is 1.75 bits per heavy atom. The molecule has 4 rings (SSSR count). The van der Waals surface area contributed by atoms with E-state index in [1.165, 1.54) is 18.4 Å². The molecule has 0 unspecified atom stereocenters. The van der Waals surface area contributed by atoms with Crippen molar-refractivity contribution in [2.45, 2.75) is 38.5 Å². The zero-order valence-electron chi connectivity index (χ0n) is 11.8. The number of hydrogen-bond donors (Lipinski definition) is 0. The molecule has 1 saturated heterocycles. The van der Waals surface area contributed by atoms with Crippen LogP contribution in [0.4, 0.5) is 0 Å². The van der Waals surface area contributed by atoms with Crippen molar-refractivity contribution in [1.29, 1.82) is 0 Å². The molecule has 2 amide bonds. The van der Waals surface area contributed by atoms with Crippen LogP contribution in [0.5, 0.6) is 0 Å². The molecule has 0 spiro atoms. The van der Waals surface area contributed by atoms with Gasteiger partial charge in [0.1, 0.15) is 0 Å². The summed E-state index contributed by atoms with van der Waals surface area (Å²) in [6, 6.07) is 0. The van der Waals surface area contributed by atoms with E-state index in [0.29, 0.717) is 18.4 Å². The van der Waals surface area contributed by atoms with Crippen molar-refractivity contribution in [1.82, 2.24) is 4.90 Å². The van der Waals surface area contributed by atoms with E-state index in [4.69, 9.17) is 0 Å². The lowest BCUT2D eigenvalue weighted by molar-refractivity contribution is -0.140. The van der Waals surface area contributed by atoms with E-state index >= 15 is 0 Å². The van der Waals surface area contributed by atoms with Crippen molar-refractivity contribution < 1.29 is 9.59 Å². The maximum atomic E-state index is 12.5. The molecule has 3 heteroatoms. The number of nitrogens with zero attached hydrogens (tertiary/aromatic N) is 1. The van der Waals surface area contributed by atoms with E-state index < -0.39 is 0 Å². The Balaban J connectivity index is 1.46. The van der Waals surface area contributed by atoms with Gasteiger partial charge in [0.05, 0.1) is 11.8 Å². The summed E-state index contributed by atoms with van der Waals surface area (Å²) in [5.41, 5.74) is 1.44. The fourth-order valence-corrected chi connectivity index (χ4v) is 4.57. The number of allylic oxidation sites excluding steroid dienone is 3. The van der Waals surface area contributed by atoms with Crippen LogP contribution in [-0.2, 0) is 9.59 Å². The molecule has 106 valence electrons. The molecule has 20 heavy (non-hydrogen) atoms. The van der Waals surface area contributed by atoms with Crippen molar-refractivity contribution in [2.24, 2.45) is 23.7 Å². The molecule has 0 radical (unpaired) electrons. The van der Waals surface area contributed by atoms with Gasteiger partial charge in [0.25, 0.3) is 0 Å².